The van der Waals surface area contributed by atoms with E-state index in [0.717, 1.165) is 36.1 Å². The number of carbonyl (C=O) groups is 1. The molecule has 0 saturated carbocycles. The van der Waals surface area contributed by atoms with E-state index in [9.17, 15) is 4.79 Å². The van der Waals surface area contributed by atoms with Gasteiger partial charge in [-0.25, -0.2) is 4.98 Å². The summed E-state index contributed by atoms with van der Waals surface area (Å²) >= 11 is 1.74. The summed E-state index contributed by atoms with van der Waals surface area (Å²) in [6.07, 6.45) is 3.95. The second kappa shape index (κ2) is 4.09. The van der Waals surface area contributed by atoms with Gasteiger partial charge in [0.05, 0.1) is 0 Å². The van der Waals surface area contributed by atoms with Crippen LogP contribution in [0, 0.1) is 5.92 Å². The first-order valence-corrected chi connectivity index (χ1v) is 7.26. The molecule has 0 aromatic carbocycles. The molecule has 1 fully saturated rings. The van der Waals surface area contributed by atoms with Crippen LogP contribution in [-0.4, -0.2) is 23.4 Å². The Morgan fingerprint density at radius 3 is 2.82 bits per heavy atom. The molecule has 3 rings (SSSR count). The number of thiazole rings is 1. The maximum Gasteiger partial charge on any atom is 0.186 e. The molecule has 2 aliphatic rings. The van der Waals surface area contributed by atoms with E-state index in [0.29, 0.717) is 12.5 Å². The van der Waals surface area contributed by atoms with Crippen molar-refractivity contribution in [2.75, 3.05) is 11.4 Å². The predicted octanol–water partition coefficient (Wildman–Crippen LogP) is 2.90. The van der Waals surface area contributed by atoms with E-state index >= 15 is 0 Å². The molecule has 0 radical (unpaired) electrons. The molecule has 92 valence electrons. The number of aryl methyl sites for hydroxylation is 1. The van der Waals surface area contributed by atoms with Crippen LogP contribution in [0.15, 0.2) is 0 Å². The van der Waals surface area contributed by atoms with Gasteiger partial charge in [0.1, 0.15) is 5.69 Å². The van der Waals surface area contributed by atoms with Crippen LogP contribution in [0.1, 0.15) is 48.5 Å². The smallest absolute Gasteiger partial charge is 0.186 e. The number of Topliss-reactive ketones (excluding diaryl/α,β-unsaturated/α-hetero) is 1. The lowest BCUT2D eigenvalue weighted by Gasteiger charge is -2.19. The van der Waals surface area contributed by atoms with Gasteiger partial charge in [-0.05, 0) is 32.1 Å². The molecule has 1 aliphatic heterocycles. The second-order valence-corrected chi connectivity index (χ2v) is 6.45. The highest BCUT2D eigenvalue weighted by Crippen LogP contribution is 2.36. The van der Waals surface area contributed by atoms with Crippen molar-refractivity contribution < 1.29 is 4.79 Å². The number of rotatable bonds is 1. The van der Waals surface area contributed by atoms with Gasteiger partial charge in [-0.3, -0.25) is 4.79 Å². The zero-order valence-electron chi connectivity index (χ0n) is 10.4. The largest absolute Gasteiger partial charge is 0.345 e. The number of carbonyl (C=O) groups excluding carboxylic acids is 1. The van der Waals surface area contributed by atoms with Crippen molar-refractivity contribution in [1.82, 2.24) is 4.98 Å². The zero-order chi connectivity index (χ0) is 12.0. The fourth-order valence-electron chi connectivity index (χ4n) is 2.94. The van der Waals surface area contributed by atoms with Crippen LogP contribution in [-0.2, 0) is 6.42 Å². The third-order valence-corrected chi connectivity index (χ3v) is 4.94. The Morgan fingerprint density at radius 2 is 2.18 bits per heavy atom. The Balaban J connectivity index is 1.92. The van der Waals surface area contributed by atoms with Crippen molar-refractivity contribution >= 4 is 22.3 Å². The average molecular weight is 250 g/mol. The molecule has 4 heteroatoms. The molecule has 0 N–H and O–H groups in total. The molecule has 1 aliphatic carbocycles. The molecule has 1 aromatic heterocycles. The number of aromatic nitrogens is 1. The van der Waals surface area contributed by atoms with Crippen LogP contribution >= 0.6 is 11.3 Å². The summed E-state index contributed by atoms with van der Waals surface area (Å²) in [7, 11) is 0. The molecule has 3 nitrogen and oxygen atoms in total. The highest BCUT2D eigenvalue weighted by molar-refractivity contribution is 7.16. The number of anilines is 1. The van der Waals surface area contributed by atoms with Crippen LogP contribution in [0.2, 0.25) is 0 Å². The van der Waals surface area contributed by atoms with Crippen molar-refractivity contribution in [1.29, 1.82) is 0 Å². The monoisotopic (exact) mass is 250 g/mol. The van der Waals surface area contributed by atoms with E-state index < -0.39 is 0 Å². The number of fused-ring (bicyclic) bond motifs is 1. The van der Waals surface area contributed by atoms with Gasteiger partial charge < -0.3 is 4.90 Å². The van der Waals surface area contributed by atoms with Gasteiger partial charge >= 0.3 is 0 Å². The van der Waals surface area contributed by atoms with Gasteiger partial charge in [-0.2, -0.15) is 0 Å². The summed E-state index contributed by atoms with van der Waals surface area (Å²) in [6.45, 7) is 5.63. The van der Waals surface area contributed by atoms with Gasteiger partial charge in [-0.1, -0.05) is 6.92 Å². The second-order valence-electron chi connectivity index (χ2n) is 5.39. The number of hydrogen-bond donors (Lipinski definition) is 0. The lowest BCUT2D eigenvalue weighted by molar-refractivity contribution is 0.0968. The summed E-state index contributed by atoms with van der Waals surface area (Å²) in [5.41, 5.74) is 0.767. The maximum absolute atomic E-state index is 11.8. The Kier molecular flexibility index (Phi) is 2.69. The van der Waals surface area contributed by atoms with E-state index in [1.807, 2.05) is 0 Å². The lowest BCUT2D eigenvalue weighted by atomic mass is 10.0. The predicted molar refractivity (Wildman–Crippen MR) is 70.0 cm³/mol. The van der Waals surface area contributed by atoms with E-state index in [1.54, 1.807) is 11.3 Å². The number of nitrogens with zero attached hydrogens (tertiary/aromatic N) is 2. The summed E-state index contributed by atoms with van der Waals surface area (Å²) in [4.78, 5) is 20.0. The van der Waals surface area contributed by atoms with E-state index in [1.165, 1.54) is 11.3 Å². The minimum atomic E-state index is 0.244. The minimum Gasteiger partial charge on any atom is -0.345 e. The molecule has 0 bridgehead atoms. The van der Waals surface area contributed by atoms with Gasteiger partial charge in [-0.15, -0.1) is 11.3 Å². The first-order valence-electron chi connectivity index (χ1n) is 6.44. The van der Waals surface area contributed by atoms with E-state index in [2.05, 4.69) is 23.7 Å². The molecule has 0 spiro atoms. The van der Waals surface area contributed by atoms with Gasteiger partial charge in [0.25, 0.3) is 0 Å². The molecular formula is C13H18N2OS. The number of hydrogen-bond acceptors (Lipinski definition) is 4. The zero-order valence-corrected chi connectivity index (χ0v) is 11.2. The molecule has 1 saturated heterocycles. The first-order chi connectivity index (χ1) is 8.15. The molecule has 2 unspecified atom stereocenters. The summed E-state index contributed by atoms with van der Waals surface area (Å²) in [5.74, 6) is 0.982. The van der Waals surface area contributed by atoms with Crippen molar-refractivity contribution in [2.45, 2.75) is 45.6 Å². The quantitative estimate of drug-likeness (QED) is 0.768. The van der Waals surface area contributed by atoms with Gasteiger partial charge in [0, 0.05) is 23.9 Å². The highest BCUT2D eigenvalue weighted by atomic mass is 32.1. The molecule has 2 heterocycles. The Bertz CT molecular complexity index is 454. The van der Waals surface area contributed by atoms with Crippen LogP contribution < -0.4 is 4.90 Å². The molecule has 0 amide bonds. The van der Waals surface area contributed by atoms with Crippen molar-refractivity contribution in [2.24, 2.45) is 5.92 Å². The topological polar surface area (TPSA) is 33.2 Å². The summed E-state index contributed by atoms with van der Waals surface area (Å²) in [5, 5.41) is 1.07. The fraction of sp³-hybridized carbons (Fsp3) is 0.692. The average Bonchev–Trinajstić information content (AvgIpc) is 2.82. The standard InChI is InChI=1S/C13H18N2OS/c1-8-6-9(2)15(7-8)13-14-12-10(16)4-3-5-11(12)17-13/h8-9H,3-7H2,1-2H3. The van der Waals surface area contributed by atoms with Gasteiger partial charge in [0.15, 0.2) is 10.9 Å². The van der Waals surface area contributed by atoms with Crippen LogP contribution in [0.25, 0.3) is 0 Å². The third kappa shape index (κ3) is 1.88. The van der Waals surface area contributed by atoms with E-state index in [-0.39, 0.29) is 5.78 Å². The molecule has 2 atom stereocenters. The number of ketones is 1. The Labute approximate surface area is 106 Å². The SMILES string of the molecule is CC1CC(C)N(c2nc3c(s2)CCCC3=O)C1. The summed E-state index contributed by atoms with van der Waals surface area (Å²) < 4.78 is 0. The molecule has 1 aromatic rings. The van der Waals surface area contributed by atoms with Crippen LogP contribution in [0.3, 0.4) is 0 Å². The highest BCUT2D eigenvalue weighted by Gasteiger charge is 2.31. The normalized spacial score (nSPS) is 28.6. The summed E-state index contributed by atoms with van der Waals surface area (Å²) in [6, 6.07) is 0.563. The Hall–Kier alpha value is -0.900. The maximum atomic E-state index is 11.8. The van der Waals surface area contributed by atoms with Crippen molar-refractivity contribution in [3.63, 3.8) is 0 Å². The fourth-order valence-corrected chi connectivity index (χ4v) is 4.18. The minimum absolute atomic E-state index is 0.244. The molecular weight excluding hydrogens is 232 g/mol. The van der Waals surface area contributed by atoms with Crippen molar-refractivity contribution in [3.05, 3.63) is 10.6 Å². The van der Waals surface area contributed by atoms with Crippen LogP contribution in [0.4, 0.5) is 5.13 Å². The lowest BCUT2D eigenvalue weighted by Crippen LogP contribution is -2.26. The first kappa shape index (κ1) is 11.2. The van der Waals surface area contributed by atoms with Gasteiger partial charge in [0.2, 0.25) is 0 Å². The Morgan fingerprint density at radius 1 is 1.35 bits per heavy atom. The third-order valence-electron chi connectivity index (χ3n) is 3.79. The molecule has 17 heavy (non-hydrogen) atoms. The van der Waals surface area contributed by atoms with Crippen molar-refractivity contribution in [3.8, 4) is 0 Å². The van der Waals surface area contributed by atoms with Crippen LogP contribution in [0.5, 0.6) is 0 Å². The van der Waals surface area contributed by atoms with E-state index in [4.69, 9.17) is 0 Å².